The van der Waals surface area contributed by atoms with Gasteiger partial charge in [-0.1, -0.05) is 60.7 Å². The van der Waals surface area contributed by atoms with Crippen molar-refractivity contribution in [2.75, 3.05) is 0 Å². The summed E-state index contributed by atoms with van der Waals surface area (Å²) in [5.41, 5.74) is 10.1. The van der Waals surface area contributed by atoms with E-state index in [1.165, 1.54) is 42.1 Å². The van der Waals surface area contributed by atoms with Crippen LogP contribution in [0.2, 0.25) is 0 Å². The van der Waals surface area contributed by atoms with Crippen molar-refractivity contribution in [3.63, 3.8) is 0 Å². The van der Waals surface area contributed by atoms with Crippen molar-refractivity contribution in [1.82, 2.24) is 15.0 Å². The first kappa shape index (κ1) is 23.1. The number of fused-ring (bicyclic) bond motifs is 11. The van der Waals surface area contributed by atoms with Gasteiger partial charge in [0.25, 0.3) is 0 Å². The van der Waals surface area contributed by atoms with Crippen LogP contribution in [0.5, 0.6) is 0 Å². The van der Waals surface area contributed by atoms with Crippen LogP contribution >= 0.6 is 11.3 Å². The lowest BCUT2D eigenvalue weighted by molar-refractivity contribution is 0.669. The van der Waals surface area contributed by atoms with E-state index in [1.807, 2.05) is 53.9 Å². The van der Waals surface area contributed by atoms with Crippen LogP contribution in [0.4, 0.5) is 0 Å². The first-order chi connectivity index (χ1) is 21.3. The van der Waals surface area contributed by atoms with Crippen LogP contribution in [0.15, 0.2) is 126 Å². The van der Waals surface area contributed by atoms with Crippen molar-refractivity contribution in [1.29, 1.82) is 0 Å². The summed E-state index contributed by atoms with van der Waals surface area (Å²) in [7, 11) is 0. The van der Waals surface area contributed by atoms with Gasteiger partial charge in [-0.15, -0.1) is 11.3 Å². The van der Waals surface area contributed by atoms with Crippen molar-refractivity contribution in [2.45, 2.75) is 0 Å². The van der Waals surface area contributed by atoms with E-state index in [2.05, 4.69) is 83.8 Å². The van der Waals surface area contributed by atoms with Gasteiger partial charge in [0.2, 0.25) is 0 Å². The lowest BCUT2D eigenvalue weighted by Gasteiger charge is -2.07. The second-order valence-electron chi connectivity index (χ2n) is 11.1. The van der Waals surface area contributed by atoms with Gasteiger partial charge in [0.15, 0.2) is 0 Å². The number of nitrogens with one attached hydrogen (secondary N) is 1. The van der Waals surface area contributed by atoms with Gasteiger partial charge in [-0.05, 0) is 65.7 Å². The molecule has 0 unspecified atom stereocenters. The average molecular weight is 568 g/mol. The molecule has 10 rings (SSSR count). The van der Waals surface area contributed by atoms with Crippen LogP contribution in [0.1, 0.15) is 0 Å². The van der Waals surface area contributed by atoms with E-state index in [-0.39, 0.29) is 0 Å². The Labute approximate surface area is 248 Å². The van der Waals surface area contributed by atoms with Crippen molar-refractivity contribution < 1.29 is 4.42 Å². The fraction of sp³-hybridized carbons (Fsp3) is 0. The number of hydrogen-bond donors (Lipinski definition) is 1. The smallest absolute Gasteiger partial charge is 0.135 e. The maximum atomic E-state index is 6.10. The standard InChI is InChI=1S/C38H21N3OS/c1-5-11-33-23(7-1)25-17-22(14-16-34(25)42-33)21-13-15-29-27(18-21)36-37(41-29)28(32-20-39-30-9-3-4-10-31(30)40-32)19-26-24-8-2-6-12-35(24)43-38(26)36/h1-20,41H. The fourth-order valence-corrected chi connectivity index (χ4v) is 7.86. The van der Waals surface area contributed by atoms with Gasteiger partial charge in [-0.2, -0.15) is 0 Å². The number of aromatic amines is 1. The average Bonchev–Trinajstić information content (AvgIpc) is 3.74. The first-order valence-corrected chi connectivity index (χ1v) is 15.1. The molecule has 4 aromatic heterocycles. The molecule has 10 aromatic rings. The van der Waals surface area contributed by atoms with Crippen molar-refractivity contribution >= 4 is 86.3 Å². The predicted octanol–water partition coefficient (Wildman–Crippen LogP) is 10.9. The molecule has 0 spiro atoms. The minimum absolute atomic E-state index is 0.866. The summed E-state index contributed by atoms with van der Waals surface area (Å²) in [6.07, 6.45) is 1.90. The van der Waals surface area contributed by atoms with Gasteiger partial charge in [-0.3, -0.25) is 4.98 Å². The van der Waals surface area contributed by atoms with Crippen molar-refractivity contribution in [3.8, 4) is 22.4 Å². The molecule has 5 heteroatoms. The second kappa shape index (κ2) is 8.51. The number of thiophene rings is 1. The maximum Gasteiger partial charge on any atom is 0.135 e. The molecule has 0 radical (unpaired) electrons. The molecule has 0 aliphatic heterocycles. The van der Waals surface area contributed by atoms with Crippen LogP contribution in [-0.2, 0) is 0 Å². The molecule has 6 aromatic carbocycles. The number of rotatable bonds is 2. The fourth-order valence-electron chi connectivity index (χ4n) is 6.61. The van der Waals surface area contributed by atoms with E-state index in [9.17, 15) is 0 Å². The lowest BCUT2D eigenvalue weighted by atomic mass is 9.99. The molecule has 0 aliphatic rings. The highest BCUT2D eigenvalue weighted by molar-refractivity contribution is 7.26. The number of benzene rings is 6. The molecule has 200 valence electrons. The molecule has 0 fully saturated rings. The van der Waals surface area contributed by atoms with E-state index in [1.54, 1.807) is 0 Å². The van der Waals surface area contributed by atoms with Crippen molar-refractivity contribution in [3.05, 3.63) is 121 Å². The third kappa shape index (κ3) is 3.31. The third-order valence-electron chi connectivity index (χ3n) is 8.65. The summed E-state index contributed by atoms with van der Waals surface area (Å²) < 4.78 is 8.67. The Bertz CT molecular complexity index is 2750. The Kier molecular flexibility index (Phi) is 4.57. The van der Waals surface area contributed by atoms with Crippen LogP contribution in [-0.4, -0.2) is 15.0 Å². The van der Waals surface area contributed by atoms with Crippen LogP contribution in [0, 0.1) is 0 Å². The zero-order valence-corrected chi connectivity index (χ0v) is 23.6. The topological polar surface area (TPSA) is 54.7 Å². The Morgan fingerprint density at radius 1 is 0.605 bits per heavy atom. The Balaban J connectivity index is 1.28. The molecular formula is C38H21N3OS. The van der Waals surface area contributed by atoms with Gasteiger partial charge >= 0.3 is 0 Å². The van der Waals surface area contributed by atoms with E-state index >= 15 is 0 Å². The zero-order valence-electron chi connectivity index (χ0n) is 22.8. The van der Waals surface area contributed by atoms with Crippen molar-refractivity contribution in [2.24, 2.45) is 0 Å². The molecule has 4 heterocycles. The third-order valence-corrected chi connectivity index (χ3v) is 9.86. The minimum atomic E-state index is 0.866. The molecular weight excluding hydrogens is 547 g/mol. The summed E-state index contributed by atoms with van der Waals surface area (Å²) in [4.78, 5) is 13.6. The molecule has 1 N–H and O–H groups in total. The van der Waals surface area contributed by atoms with Crippen LogP contribution in [0.3, 0.4) is 0 Å². The number of para-hydroxylation sites is 3. The van der Waals surface area contributed by atoms with Crippen LogP contribution < -0.4 is 0 Å². The number of hydrogen-bond acceptors (Lipinski definition) is 4. The van der Waals surface area contributed by atoms with E-state index in [0.717, 1.165) is 55.3 Å². The van der Waals surface area contributed by atoms with Gasteiger partial charge in [0.05, 0.1) is 28.4 Å². The summed E-state index contributed by atoms with van der Waals surface area (Å²) in [6.45, 7) is 0. The van der Waals surface area contributed by atoms with Gasteiger partial charge in [0, 0.05) is 52.8 Å². The second-order valence-corrected chi connectivity index (χ2v) is 12.1. The molecule has 0 saturated carbocycles. The lowest BCUT2D eigenvalue weighted by Crippen LogP contribution is -1.89. The molecule has 4 nitrogen and oxygen atoms in total. The number of nitrogens with zero attached hydrogens (tertiary/aromatic N) is 2. The van der Waals surface area contributed by atoms with E-state index in [0.29, 0.717) is 0 Å². The maximum absolute atomic E-state index is 6.10. The van der Waals surface area contributed by atoms with Gasteiger partial charge in [0.1, 0.15) is 11.2 Å². The summed E-state index contributed by atoms with van der Waals surface area (Å²) >= 11 is 1.85. The highest BCUT2D eigenvalue weighted by atomic mass is 32.1. The monoisotopic (exact) mass is 567 g/mol. The summed E-state index contributed by atoms with van der Waals surface area (Å²) in [5, 5.41) is 7.22. The van der Waals surface area contributed by atoms with E-state index < -0.39 is 0 Å². The minimum Gasteiger partial charge on any atom is -0.456 e. The molecule has 0 aliphatic carbocycles. The zero-order chi connectivity index (χ0) is 28.1. The first-order valence-electron chi connectivity index (χ1n) is 14.3. The SMILES string of the molecule is c1ccc2nc(-c3cc4c5ccccc5sc4c4c3[nH]c3ccc(-c5ccc6oc7ccccc7c6c5)cc34)cnc2c1. The van der Waals surface area contributed by atoms with Gasteiger partial charge in [-0.25, -0.2) is 4.98 Å². The summed E-state index contributed by atoms with van der Waals surface area (Å²) in [6, 6.07) is 40.5. The van der Waals surface area contributed by atoms with Gasteiger partial charge < -0.3 is 9.40 Å². The number of furan rings is 1. The normalized spacial score (nSPS) is 12.2. The highest BCUT2D eigenvalue weighted by Gasteiger charge is 2.19. The van der Waals surface area contributed by atoms with Crippen LogP contribution in [0.25, 0.3) is 97.3 Å². The quantitative estimate of drug-likeness (QED) is 0.226. The molecule has 0 amide bonds. The Morgan fingerprint density at radius 2 is 1.35 bits per heavy atom. The highest BCUT2D eigenvalue weighted by Crippen LogP contribution is 2.45. The predicted molar refractivity (Wildman–Crippen MR) is 180 cm³/mol. The number of aromatic nitrogens is 3. The molecule has 43 heavy (non-hydrogen) atoms. The number of H-pyrrole nitrogens is 1. The Morgan fingerprint density at radius 3 is 2.28 bits per heavy atom. The summed E-state index contributed by atoms with van der Waals surface area (Å²) in [5.74, 6) is 0. The molecule has 0 saturated heterocycles. The van der Waals surface area contributed by atoms with E-state index in [4.69, 9.17) is 14.4 Å². The Hall–Kier alpha value is -5.52. The largest absolute Gasteiger partial charge is 0.456 e. The molecule has 0 atom stereocenters. The molecule has 0 bridgehead atoms.